The van der Waals surface area contributed by atoms with Crippen LogP contribution in [0.2, 0.25) is 0 Å². The lowest BCUT2D eigenvalue weighted by molar-refractivity contribution is 0.0519. The molecule has 0 aliphatic carbocycles. The van der Waals surface area contributed by atoms with Gasteiger partial charge < -0.3 is 9.15 Å². The van der Waals surface area contributed by atoms with E-state index in [2.05, 4.69) is 9.97 Å². The highest BCUT2D eigenvalue weighted by molar-refractivity contribution is 5.87. The first-order valence-electron chi connectivity index (χ1n) is 4.95. The van der Waals surface area contributed by atoms with Crippen LogP contribution in [-0.2, 0) is 4.74 Å². The van der Waals surface area contributed by atoms with E-state index in [0.29, 0.717) is 5.56 Å². The Balaban J connectivity index is 2.27. The fourth-order valence-electron chi connectivity index (χ4n) is 1.24. The Morgan fingerprint density at radius 1 is 1.59 bits per heavy atom. The van der Waals surface area contributed by atoms with Gasteiger partial charge in [-0.2, -0.15) is 4.39 Å². The van der Waals surface area contributed by atoms with E-state index < -0.39 is 11.9 Å². The van der Waals surface area contributed by atoms with Gasteiger partial charge in [-0.3, -0.25) is 0 Å². The van der Waals surface area contributed by atoms with Crippen molar-refractivity contribution in [3.8, 4) is 11.5 Å². The van der Waals surface area contributed by atoms with Crippen LogP contribution in [0.1, 0.15) is 17.4 Å². The first-order chi connectivity index (χ1) is 8.20. The fourth-order valence-corrected chi connectivity index (χ4v) is 1.24. The zero-order valence-electron chi connectivity index (χ0n) is 9.01. The zero-order chi connectivity index (χ0) is 12.3. The van der Waals surface area contributed by atoms with Crippen LogP contribution < -0.4 is 0 Å². The van der Waals surface area contributed by atoms with Crippen LogP contribution in [0.15, 0.2) is 29.0 Å². The summed E-state index contributed by atoms with van der Waals surface area (Å²) in [5.41, 5.74) is 0.465. The fraction of sp³-hybridized carbons (Fsp3) is 0.182. The van der Waals surface area contributed by atoms with Gasteiger partial charge in [-0.25, -0.2) is 14.8 Å². The maximum Gasteiger partial charge on any atom is 0.360 e. The van der Waals surface area contributed by atoms with Gasteiger partial charge in [-0.05, 0) is 13.0 Å². The quantitative estimate of drug-likeness (QED) is 0.602. The van der Waals surface area contributed by atoms with Crippen molar-refractivity contribution in [3.05, 3.63) is 36.2 Å². The molecule has 0 spiro atoms. The molecule has 0 aliphatic rings. The number of oxazole rings is 1. The maximum atomic E-state index is 12.9. The molecule has 0 fully saturated rings. The van der Waals surface area contributed by atoms with Gasteiger partial charge in [0.05, 0.1) is 6.61 Å². The van der Waals surface area contributed by atoms with Crippen LogP contribution in [-0.4, -0.2) is 22.5 Å². The van der Waals surface area contributed by atoms with Gasteiger partial charge >= 0.3 is 5.97 Å². The molecule has 0 radical (unpaired) electrons. The minimum atomic E-state index is -0.640. The Bertz CT molecular complexity index is 539. The Morgan fingerprint density at radius 3 is 3.12 bits per heavy atom. The first-order valence-corrected chi connectivity index (χ1v) is 4.95. The van der Waals surface area contributed by atoms with Crippen LogP contribution >= 0.6 is 0 Å². The second-order valence-electron chi connectivity index (χ2n) is 3.13. The lowest BCUT2D eigenvalue weighted by Gasteiger charge is -1.95. The van der Waals surface area contributed by atoms with Crippen molar-refractivity contribution in [2.45, 2.75) is 6.92 Å². The molecule has 6 heteroatoms. The smallest absolute Gasteiger partial charge is 0.360 e. The molecule has 0 amide bonds. The third-order valence-electron chi connectivity index (χ3n) is 1.96. The van der Waals surface area contributed by atoms with E-state index >= 15 is 0 Å². The number of rotatable bonds is 3. The van der Waals surface area contributed by atoms with Crippen molar-refractivity contribution in [2.24, 2.45) is 0 Å². The monoisotopic (exact) mass is 236 g/mol. The number of carbonyl (C=O) groups is 1. The van der Waals surface area contributed by atoms with Gasteiger partial charge in [0.1, 0.15) is 6.26 Å². The molecule has 2 aromatic heterocycles. The van der Waals surface area contributed by atoms with Gasteiger partial charge in [-0.1, -0.05) is 0 Å². The highest BCUT2D eigenvalue weighted by Crippen LogP contribution is 2.18. The van der Waals surface area contributed by atoms with Gasteiger partial charge in [-0.15, -0.1) is 0 Å². The van der Waals surface area contributed by atoms with E-state index in [1.165, 1.54) is 24.6 Å². The van der Waals surface area contributed by atoms with Crippen LogP contribution in [0.3, 0.4) is 0 Å². The average molecular weight is 236 g/mol. The number of esters is 1. The molecular weight excluding hydrogens is 227 g/mol. The second kappa shape index (κ2) is 4.73. The summed E-state index contributed by atoms with van der Waals surface area (Å²) in [6.07, 6.45) is 2.46. The number of hydrogen-bond donors (Lipinski definition) is 0. The van der Waals surface area contributed by atoms with Gasteiger partial charge in [0.15, 0.2) is 5.69 Å². The summed E-state index contributed by atoms with van der Waals surface area (Å²) in [5, 5.41) is 0. The van der Waals surface area contributed by atoms with E-state index in [1.807, 2.05) is 0 Å². The highest BCUT2D eigenvalue weighted by atomic mass is 19.1. The van der Waals surface area contributed by atoms with E-state index in [0.717, 1.165) is 0 Å². The molecule has 0 atom stereocenters. The van der Waals surface area contributed by atoms with E-state index in [-0.39, 0.29) is 18.2 Å². The van der Waals surface area contributed by atoms with Crippen molar-refractivity contribution in [1.82, 2.24) is 9.97 Å². The number of aromatic nitrogens is 2. The number of hydrogen-bond acceptors (Lipinski definition) is 5. The first kappa shape index (κ1) is 11.3. The molecule has 88 valence electrons. The second-order valence-corrected chi connectivity index (χ2v) is 3.13. The summed E-state index contributed by atoms with van der Waals surface area (Å²) >= 11 is 0. The number of nitrogens with zero attached hydrogens (tertiary/aromatic N) is 2. The lowest BCUT2D eigenvalue weighted by Crippen LogP contribution is -2.04. The third kappa shape index (κ3) is 2.47. The molecule has 0 saturated carbocycles. The Labute approximate surface area is 96.3 Å². The minimum Gasteiger partial charge on any atom is -0.461 e. The largest absolute Gasteiger partial charge is 0.461 e. The summed E-state index contributed by atoms with van der Waals surface area (Å²) in [4.78, 5) is 18.6. The number of pyridine rings is 1. The highest BCUT2D eigenvalue weighted by Gasteiger charge is 2.14. The minimum absolute atomic E-state index is 0.0547. The van der Waals surface area contributed by atoms with Crippen LogP contribution in [0.4, 0.5) is 4.39 Å². The number of halogens is 1. The van der Waals surface area contributed by atoms with Crippen LogP contribution in [0, 0.1) is 5.95 Å². The van der Waals surface area contributed by atoms with E-state index in [1.54, 1.807) is 6.92 Å². The summed E-state index contributed by atoms with van der Waals surface area (Å²) < 4.78 is 22.7. The summed E-state index contributed by atoms with van der Waals surface area (Å²) in [7, 11) is 0. The van der Waals surface area contributed by atoms with Gasteiger partial charge in [0.25, 0.3) is 0 Å². The van der Waals surface area contributed by atoms with E-state index in [9.17, 15) is 9.18 Å². The molecule has 0 unspecified atom stereocenters. The van der Waals surface area contributed by atoms with Crippen molar-refractivity contribution < 1.29 is 18.3 Å². The predicted molar refractivity (Wildman–Crippen MR) is 55.6 cm³/mol. The van der Waals surface area contributed by atoms with Gasteiger partial charge in [0.2, 0.25) is 11.8 Å². The normalized spacial score (nSPS) is 10.2. The van der Waals surface area contributed by atoms with Gasteiger partial charge in [0, 0.05) is 17.8 Å². The molecule has 17 heavy (non-hydrogen) atoms. The number of ether oxygens (including phenoxy) is 1. The van der Waals surface area contributed by atoms with Crippen molar-refractivity contribution in [1.29, 1.82) is 0 Å². The Kier molecular flexibility index (Phi) is 3.13. The predicted octanol–water partition coefficient (Wildman–Crippen LogP) is 2.05. The Morgan fingerprint density at radius 2 is 2.41 bits per heavy atom. The summed E-state index contributed by atoms with van der Waals surface area (Å²) in [6, 6.07) is 2.70. The topological polar surface area (TPSA) is 65.2 Å². The molecule has 0 saturated heterocycles. The molecule has 5 nitrogen and oxygen atoms in total. The van der Waals surface area contributed by atoms with Crippen molar-refractivity contribution in [2.75, 3.05) is 6.61 Å². The summed E-state index contributed by atoms with van der Waals surface area (Å²) in [5.74, 6) is -1.07. The number of carbonyl (C=O) groups excluding carboxylic acids is 1. The molecule has 0 bridgehead atoms. The van der Waals surface area contributed by atoms with Crippen molar-refractivity contribution in [3.63, 3.8) is 0 Å². The summed E-state index contributed by atoms with van der Waals surface area (Å²) in [6.45, 7) is 1.95. The molecule has 0 aliphatic heterocycles. The zero-order valence-corrected chi connectivity index (χ0v) is 9.01. The molecule has 2 rings (SSSR count). The lowest BCUT2D eigenvalue weighted by atomic mass is 10.3. The molecular formula is C11H9FN2O3. The molecule has 2 aromatic rings. The maximum absolute atomic E-state index is 12.9. The van der Waals surface area contributed by atoms with E-state index in [4.69, 9.17) is 9.15 Å². The molecule has 0 aromatic carbocycles. The van der Waals surface area contributed by atoms with Crippen molar-refractivity contribution >= 4 is 5.97 Å². The van der Waals surface area contributed by atoms with Crippen LogP contribution in [0.25, 0.3) is 11.5 Å². The Hall–Kier alpha value is -2.24. The SMILES string of the molecule is CCOC(=O)c1coc(-c2ccnc(F)c2)n1. The van der Waals surface area contributed by atoms with Crippen LogP contribution in [0.5, 0.6) is 0 Å². The standard InChI is InChI=1S/C11H9FN2O3/c1-2-16-11(15)8-6-17-10(14-8)7-3-4-13-9(12)5-7/h3-6H,2H2,1H3. The molecule has 2 heterocycles. The molecule has 0 N–H and O–H groups in total. The third-order valence-corrected chi connectivity index (χ3v) is 1.96. The average Bonchev–Trinajstić information content (AvgIpc) is 2.78.